The molecule has 0 amide bonds. The fraction of sp³-hybridized carbons (Fsp3) is 0.391. The quantitative estimate of drug-likeness (QED) is 0.280. The molecule has 3 heteroatoms. The van der Waals surface area contributed by atoms with Gasteiger partial charge in [-0.1, -0.05) is 36.4 Å². The van der Waals surface area contributed by atoms with E-state index in [0.717, 1.165) is 42.1 Å². The zero-order chi connectivity index (χ0) is 19.1. The number of halogens is 1. The van der Waals surface area contributed by atoms with E-state index in [4.69, 9.17) is 21.6 Å². The Morgan fingerprint density at radius 3 is 1.69 bits per heavy atom. The van der Waals surface area contributed by atoms with Crippen molar-refractivity contribution < 1.29 is 0 Å². The minimum absolute atomic E-state index is 0.684. The zero-order valence-corrected chi connectivity index (χ0v) is 17.3. The topological polar surface area (TPSA) is 24.7 Å². The number of hydrogen-bond donors (Lipinski definition) is 0. The van der Waals surface area contributed by atoms with E-state index in [1.54, 1.807) is 0 Å². The fourth-order valence-electron chi connectivity index (χ4n) is 3.04. The highest BCUT2D eigenvalue weighted by atomic mass is 35.5. The smallest absolute Gasteiger partial charge is 0.0692 e. The number of unbranched alkanes of at least 4 members (excludes halogenated alkanes) is 1. The molecule has 0 spiro atoms. The van der Waals surface area contributed by atoms with Crippen molar-refractivity contribution in [1.29, 1.82) is 0 Å². The summed E-state index contributed by atoms with van der Waals surface area (Å²) >= 11 is 5.88. The van der Waals surface area contributed by atoms with Crippen LogP contribution < -0.4 is 0 Å². The van der Waals surface area contributed by atoms with E-state index in [1.807, 2.05) is 0 Å². The van der Waals surface area contributed by atoms with E-state index < -0.39 is 0 Å². The first-order valence-electron chi connectivity index (χ1n) is 9.25. The van der Waals surface area contributed by atoms with E-state index in [9.17, 15) is 0 Å². The lowest BCUT2D eigenvalue weighted by Gasteiger charge is -2.11. The number of aryl methyl sites for hydroxylation is 4. The summed E-state index contributed by atoms with van der Waals surface area (Å²) in [6.45, 7) is 10.5. The molecule has 0 atom stereocenters. The molecule has 0 unspecified atom stereocenters. The molecule has 0 saturated heterocycles. The number of alkyl halides is 1. The molecule has 0 N–H and O–H groups in total. The van der Waals surface area contributed by atoms with Crippen LogP contribution in [0.2, 0.25) is 0 Å². The highest BCUT2D eigenvalue weighted by Gasteiger charge is 2.09. The molecular weight excluding hydrogens is 340 g/mol. The van der Waals surface area contributed by atoms with Crippen molar-refractivity contribution in [2.75, 3.05) is 5.88 Å². The second-order valence-corrected chi connectivity index (χ2v) is 7.26. The number of hydrogen-bond acceptors (Lipinski definition) is 2. The van der Waals surface area contributed by atoms with E-state index in [2.05, 4.69) is 71.0 Å². The highest BCUT2D eigenvalue weighted by molar-refractivity contribution is 6.42. The average Bonchev–Trinajstić information content (AvgIpc) is 2.60. The van der Waals surface area contributed by atoms with Gasteiger partial charge in [0.25, 0.3) is 0 Å². The molecule has 26 heavy (non-hydrogen) atoms. The molecule has 0 heterocycles. The number of benzene rings is 2. The number of aliphatic imine (C=N–C) groups is 2. The molecule has 2 aromatic rings. The van der Waals surface area contributed by atoms with Gasteiger partial charge >= 0.3 is 0 Å². The highest BCUT2D eigenvalue weighted by Crippen LogP contribution is 2.26. The summed E-state index contributed by atoms with van der Waals surface area (Å²) in [5, 5.41) is 0. The van der Waals surface area contributed by atoms with Gasteiger partial charge in [0, 0.05) is 5.88 Å². The normalized spacial score (nSPS) is 12.5. The Bertz CT molecular complexity index is 778. The van der Waals surface area contributed by atoms with Gasteiger partial charge in [-0.15, -0.1) is 11.6 Å². The third-order valence-corrected chi connectivity index (χ3v) is 4.89. The predicted octanol–water partition coefficient (Wildman–Crippen LogP) is 7.19. The van der Waals surface area contributed by atoms with Crippen molar-refractivity contribution in [1.82, 2.24) is 0 Å². The van der Waals surface area contributed by atoms with Crippen molar-refractivity contribution in [3.63, 3.8) is 0 Å². The molecule has 0 saturated carbocycles. The summed E-state index contributed by atoms with van der Waals surface area (Å²) in [5.41, 5.74) is 8.92. The lowest BCUT2D eigenvalue weighted by Crippen LogP contribution is -2.11. The van der Waals surface area contributed by atoms with Gasteiger partial charge in [0.2, 0.25) is 0 Å². The predicted molar refractivity (Wildman–Crippen MR) is 116 cm³/mol. The Hall–Kier alpha value is -1.93. The summed E-state index contributed by atoms with van der Waals surface area (Å²) in [6.07, 6.45) is 2.90. The maximum atomic E-state index is 5.88. The molecule has 2 rings (SSSR count). The Morgan fingerprint density at radius 1 is 0.769 bits per heavy atom. The Morgan fingerprint density at radius 2 is 1.23 bits per heavy atom. The van der Waals surface area contributed by atoms with Gasteiger partial charge < -0.3 is 0 Å². The molecule has 138 valence electrons. The number of para-hydroxylation sites is 2. The lowest BCUT2D eigenvalue weighted by molar-refractivity contribution is 0.843. The molecule has 0 radical (unpaired) electrons. The first-order valence-corrected chi connectivity index (χ1v) is 9.79. The van der Waals surface area contributed by atoms with E-state index in [0.29, 0.717) is 5.88 Å². The fourth-order valence-corrected chi connectivity index (χ4v) is 3.22. The van der Waals surface area contributed by atoms with Crippen LogP contribution in [-0.2, 0) is 0 Å². The summed E-state index contributed by atoms with van der Waals surface area (Å²) in [7, 11) is 0. The summed E-state index contributed by atoms with van der Waals surface area (Å²) in [5.74, 6) is 0.684. The maximum absolute atomic E-state index is 5.88. The standard InChI is InChI=1S/C23H29ClN2/c1-16-10-8-11-17(2)22(16)25-20(5)21(14-6-7-15-24)26-23-18(3)12-9-13-19(23)4/h8-13H,6-7,14-15H2,1-5H3. The van der Waals surface area contributed by atoms with Crippen LogP contribution in [0, 0.1) is 27.7 Å². The minimum Gasteiger partial charge on any atom is -0.251 e. The molecule has 0 aliphatic carbocycles. The van der Waals surface area contributed by atoms with Gasteiger partial charge in [-0.2, -0.15) is 0 Å². The first kappa shape index (κ1) is 20.4. The third kappa shape index (κ3) is 5.28. The van der Waals surface area contributed by atoms with Crippen LogP contribution in [0.3, 0.4) is 0 Å². The van der Waals surface area contributed by atoms with Gasteiger partial charge in [0.15, 0.2) is 0 Å². The van der Waals surface area contributed by atoms with Gasteiger partial charge in [-0.05, 0) is 76.1 Å². The van der Waals surface area contributed by atoms with Crippen LogP contribution in [0.25, 0.3) is 0 Å². The monoisotopic (exact) mass is 368 g/mol. The van der Waals surface area contributed by atoms with E-state index in [1.165, 1.54) is 22.3 Å². The molecule has 0 aliphatic heterocycles. The largest absolute Gasteiger partial charge is 0.251 e. The molecule has 0 aromatic heterocycles. The summed E-state index contributed by atoms with van der Waals surface area (Å²) < 4.78 is 0. The Balaban J connectivity index is 2.47. The number of rotatable bonds is 7. The SMILES string of the molecule is CC(=Nc1c(C)cccc1C)C(CCCCCl)=Nc1c(C)cccc1C. The number of nitrogens with zero attached hydrogens (tertiary/aromatic N) is 2. The Labute approximate surface area is 163 Å². The van der Waals surface area contributed by atoms with Gasteiger partial charge in [-0.3, -0.25) is 9.98 Å². The average molecular weight is 369 g/mol. The molecule has 0 bridgehead atoms. The van der Waals surface area contributed by atoms with E-state index in [-0.39, 0.29) is 0 Å². The maximum Gasteiger partial charge on any atom is 0.0692 e. The van der Waals surface area contributed by atoms with Crippen molar-refractivity contribution in [2.45, 2.75) is 53.9 Å². The van der Waals surface area contributed by atoms with Crippen LogP contribution >= 0.6 is 11.6 Å². The van der Waals surface area contributed by atoms with Crippen molar-refractivity contribution >= 4 is 34.4 Å². The molecule has 2 aromatic carbocycles. The lowest BCUT2D eigenvalue weighted by atomic mass is 10.1. The van der Waals surface area contributed by atoms with Crippen LogP contribution in [-0.4, -0.2) is 17.3 Å². The Kier molecular flexibility index (Phi) is 7.59. The van der Waals surface area contributed by atoms with Gasteiger partial charge in [0.05, 0.1) is 22.8 Å². The van der Waals surface area contributed by atoms with Crippen molar-refractivity contribution in [2.24, 2.45) is 9.98 Å². The zero-order valence-electron chi connectivity index (χ0n) is 16.6. The second-order valence-electron chi connectivity index (χ2n) is 6.88. The summed E-state index contributed by atoms with van der Waals surface area (Å²) in [4.78, 5) is 9.97. The van der Waals surface area contributed by atoms with Crippen LogP contribution in [0.15, 0.2) is 46.4 Å². The molecule has 0 fully saturated rings. The van der Waals surface area contributed by atoms with E-state index >= 15 is 0 Å². The molecule has 0 aliphatic rings. The van der Waals surface area contributed by atoms with Crippen molar-refractivity contribution in [3.05, 3.63) is 58.7 Å². The van der Waals surface area contributed by atoms with Gasteiger partial charge in [0.1, 0.15) is 0 Å². The van der Waals surface area contributed by atoms with Crippen LogP contribution in [0.4, 0.5) is 11.4 Å². The van der Waals surface area contributed by atoms with Crippen LogP contribution in [0.1, 0.15) is 48.4 Å². The molecular formula is C23H29ClN2. The molecule has 2 nitrogen and oxygen atoms in total. The third-order valence-electron chi connectivity index (χ3n) is 4.62. The summed E-state index contributed by atoms with van der Waals surface area (Å²) in [6, 6.07) is 12.6. The van der Waals surface area contributed by atoms with Crippen LogP contribution in [0.5, 0.6) is 0 Å². The first-order chi connectivity index (χ1) is 12.4. The van der Waals surface area contributed by atoms with Gasteiger partial charge in [-0.25, -0.2) is 0 Å². The minimum atomic E-state index is 0.684. The van der Waals surface area contributed by atoms with Crippen molar-refractivity contribution in [3.8, 4) is 0 Å². The second kappa shape index (κ2) is 9.68.